The van der Waals surface area contributed by atoms with Crippen LogP contribution in [0.25, 0.3) is 5.57 Å². The largest absolute Gasteiger partial charge is 0.481 e. The van der Waals surface area contributed by atoms with Gasteiger partial charge in [0.05, 0.1) is 12.0 Å². The van der Waals surface area contributed by atoms with Gasteiger partial charge in [-0.15, -0.1) is 0 Å². The van der Waals surface area contributed by atoms with E-state index < -0.39 is 18.0 Å². The zero-order valence-electron chi connectivity index (χ0n) is 14.0. The lowest BCUT2D eigenvalue weighted by Crippen LogP contribution is -2.46. The van der Waals surface area contributed by atoms with Crippen LogP contribution >= 0.6 is 0 Å². The van der Waals surface area contributed by atoms with Gasteiger partial charge in [0.2, 0.25) is 0 Å². The minimum absolute atomic E-state index is 0.419. The van der Waals surface area contributed by atoms with Crippen LogP contribution in [0, 0.1) is 11.8 Å². The molecule has 23 heavy (non-hydrogen) atoms. The van der Waals surface area contributed by atoms with Crippen LogP contribution in [-0.2, 0) is 4.79 Å². The average Bonchev–Trinajstić information content (AvgIpc) is 2.51. The van der Waals surface area contributed by atoms with E-state index >= 15 is 0 Å². The fourth-order valence-electron chi connectivity index (χ4n) is 2.97. The Morgan fingerprint density at radius 1 is 1.35 bits per heavy atom. The maximum atomic E-state index is 11.1. The van der Waals surface area contributed by atoms with Crippen LogP contribution in [0.4, 0.5) is 0 Å². The Morgan fingerprint density at radius 3 is 2.61 bits per heavy atom. The second-order valence-electron chi connectivity index (χ2n) is 6.76. The SMILES string of the molecule is CC(C)CC=C(CN1CC[C@H](C(=O)O)[C@H](O)C1)c1ccccc1. The van der Waals surface area contributed by atoms with Crippen LogP contribution in [0.1, 0.15) is 32.3 Å². The van der Waals surface area contributed by atoms with Gasteiger partial charge in [-0.2, -0.15) is 0 Å². The second kappa shape index (κ2) is 8.27. The third-order valence-electron chi connectivity index (χ3n) is 4.36. The van der Waals surface area contributed by atoms with Gasteiger partial charge < -0.3 is 10.2 Å². The highest BCUT2D eigenvalue weighted by Gasteiger charge is 2.32. The van der Waals surface area contributed by atoms with Gasteiger partial charge in [0.15, 0.2) is 0 Å². The first-order valence-corrected chi connectivity index (χ1v) is 8.35. The minimum Gasteiger partial charge on any atom is -0.481 e. The van der Waals surface area contributed by atoms with Gasteiger partial charge in [0.1, 0.15) is 0 Å². The lowest BCUT2D eigenvalue weighted by atomic mass is 9.93. The van der Waals surface area contributed by atoms with E-state index in [2.05, 4.69) is 37.0 Å². The molecule has 1 fully saturated rings. The Morgan fingerprint density at radius 2 is 2.04 bits per heavy atom. The zero-order valence-corrected chi connectivity index (χ0v) is 14.0. The number of nitrogens with zero attached hydrogens (tertiary/aromatic N) is 1. The lowest BCUT2D eigenvalue weighted by molar-refractivity contribution is -0.148. The van der Waals surface area contributed by atoms with Crippen LogP contribution in [0.5, 0.6) is 0 Å². The summed E-state index contributed by atoms with van der Waals surface area (Å²) in [5.74, 6) is -0.932. The monoisotopic (exact) mass is 317 g/mol. The number of hydrogen-bond acceptors (Lipinski definition) is 3. The van der Waals surface area contributed by atoms with E-state index in [9.17, 15) is 9.90 Å². The van der Waals surface area contributed by atoms with Crippen molar-refractivity contribution in [1.29, 1.82) is 0 Å². The van der Waals surface area contributed by atoms with E-state index in [4.69, 9.17) is 5.11 Å². The molecule has 2 N–H and O–H groups in total. The first-order valence-electron chi connectivity index (χ1n) is 8.35. The summed E-state index contributed by atoms with van der Waals surface area (Å²) in [7, 11) is 0. The Hall–Kier alpha value is -1.65. The summed E-state index contributed by atoms with van der Waals surface area (Å²) >= 11 is 0. The predicted molar refractivity (Wildman–Crippen MR) is 92.1 cm³/mol. The summed E-state index contributed by atoms with van der Waals surface area (Å²) in [4.78, 5) is 13.3. The Kier molecular flexibility index (Phi) is 6.37. The van der Waals surface area contributed by atoms with Crippen molar-refractivity contribution in [2.75, 3.05) is 19.6 Å². The number of β-amino-alcohol motifs (C(OH)–C–C–N with tert-alkyl or cyclic N) is 1. The molecule has 0 radical (unpaired) electrons. The van der Waals surface area contributed by atoms with Crippen LogP contribution in [0.3, 0.4) is 0 Å². The highest BCUT2D eigenvalue weighted by molar-refractivity contribution is 5.71. The molecule has 1 aliphatic heterocycles. The van der Waals surface area contributed by atoms with E-state index in [1.165, 1.54) is 11.1 Å². The molecule has 2 rings (SSSR count). The molecule has 1 saturated heterocycles. The fraction of sp³-hybridized carbons (Fsp3) is 0.526. The van der Waals surface area contributed by atoms with Gasteiger partial charge >= 0.3 is 5.97 Å². The topological polar surface area (TPSA) is 60.8 Å². The van der Waals surface area contributed by atoms with Gasteiger partial charge in [-0.05, 0) is 36.4 Å². The molecule has 4 nitrogen and oxygen atoms in total. The van der Waals surface area contributed by atoms with Crippen molar-refractivity contribution in [2.45, 2.75) is 32.8 Å². The molecule has 0 bridgehead atoms. The van der Waals surface area contributed by atoms with E-state index in [1.54, 1.807) is 0 Å². The normalized spacial score (nSPS) is 23.2. The summed E-state index contributed by atoms with van der Waals surface area (Å²) in [5, 5.41) is 19.2. The third kappa shape index (κ3) is 5.19. The molecule has 0 aliphatic carbocycles. The molecule has 0 unspecified atom stereocenters. The molecule has 0 spiro atoms. The molecule has 1 heterocycles. The summed E-state index contributed by atoms with van der Waals surface area (Å²) in [6.07, 6.45) is 3.00. The summed E-state index contributed by atoms with van der Waals surface area (Å²) in [6, 6.07) is 10.3. The summed E-state index contributed by atoms with van der Waals surface area (Å²) in [5.41, 5.74) is 2.45. The van der Waals surface area contributed by atoms with Gasteiger partial charge in [-0.3, -0.25) is 9.69 Å². The third-order valence-corrected chi connectivity index (χ3v) is 4.36. The zero-order chi connectivity index (χ0) is 16.8. The molecule has 2 atom stereocenters. The van der Waals surface area contributed by atoms with Gasteiger partial charge in [-0.1, -0.05) is 50.3 Å². The number of allylic oxidation sites excluding steroid dienone is 1. The number of aliphatic carboxylic acids is 1. The Bertz CT molecular complexity index is 539. The quantitative estimate of drug-likeness (QED) is 0.847. The fourth-order valence-corrected chi connectivity index (χ4v) is 2.97. The molecule has 0 amide bonds. The number of aliphatic hydroxyl groups is 1. The molecule has 126 valence electrons. The summed E-state index contributed by atoms with van der Waals surface area (Å²) < 4.78 is 0. The number of carboxylic acids is 1. The number of aliphatic hydroxyl groups excluding tert-OH is 1. The molecule has 1 aromatic rings. The molecular formula is C19H27NO3. The molecular weight excluding hydrogens is 290 g/mol. The molecule has 1 aromatic carbocycles. The average molecular weight is 317 g/mol. The predicted octanol–water partition coefficient (Wildman–Crippen LogP) is 2.88. The Balaban J connectivity index is 2.07. The van der Waals surface area contributed by atoms with Crippen molar-refractivity contribution in [3.63, 3.8) is 0 Å². The maximum absolute atomic E-state index is 11.1. The summed E-state index contributed by atoms with van der Waals surface area (Å²) in [6.45, 7) is 6.27. The molecule has 1 aliphatic rings. The number of likely N-dealkylation sites (tertiary alicyclic amines) is 1. The first kappa shape index (κ1) is 17.7. The number of carbonyl (C=O) groups is 1. The van der Waals surface area contributed by atoms with E-state index in [0.29, 0.717) is 25.4 Å². The number of hydrogen-bond donors (Lipinski definition) is 2. The van der Waals surface area contributed by atoms with Crippen LogP contribution in [-0.4, -0.2) is 46.8 Å². The van der Waals surface area contributed by atoms with Crippen LogP contribution in [0.2, 0.25) is 0 Å². The van der Waals surface area contributed by atoms with Crippen LogP contribution in [0.15, 0.2) is 36.4 Å². The number of benzene rings is 1. The highest BCUT2D eigenvalue weighted by Crippen LogP contribution is 2.23. The van der Waals surface area contributed by atoms with Gasteiger partial charge in [0.25, 0.3) is 0 Å². The van der Waals surface area contributed by atoms with Gasteiger partial charge in [0, 0.05) is 13.1 Å². The highest BCUT2D eigenvalue weighted by atomic mass is 16.4. The van der Waals surface area contributed by atoms with Crippen molar-refractivity contribution in [2.24, 2.45) is 11.8 Å². The van der Waals surface area contributed by atoms with Crippen molar-refractivity contribution >= 4 is 11.5 Å². The van der Waals surface area contributed by atoms with E-state index in [0.717, 1.165) is 13.0 Å². The molecule has 4 heteroatoms. The lowest BCUT2D eigenvalue weighted by Gasteiger charge is -2.34. The van der Waals surface area contributed by atoms with Crippen molar-refractivity contribution < 1.29 is 15.0 Å². The van der Waals surface area contributed by atoms with Crippen molar-refractivity contribution in [3.8, 4) is 0 Å². The van der Waals surface area contributed by atoms with Crippen molar-refractivity contribution in [1.82, 2.24) is 4.90 Å². The van der Waals surface area contributed by atoms with Gasteiger partial charge in [-0.25, -0.2) is 0 Å². The van der Waals surface area contributed by atoms with E-state index in [1.807, 2.05) is 18.2 Å². The van der Waals surface area contributed by atoms with E-state index in [-0.39, 0.29) is 0 Å². The Labute approximate surface area is 138 Å². The molecule has 0 aromatic heterocycles. The van der Waals surface area contributed by atoms with Crippen LogP contribution < -0.4 is 0 Å². The molecule has 0 saturated carbocycles. The number of rotatable bonds is 6. The first-order chi connectivity index (χ1) is 11.0. The maximum Gasteiger partial charge on any atom is 0.309 e. The second-order valence-corrected chi connectivity index (χ2v) is 6.76. The minimum atomic E-state index is -0.893. The number of piperidine rings is 1. The smallest absolute Gasteiger partial charge is 0.309 e. The number of carboxylic acid groups (broad SMARTS) is 1. The standard InChI is InChI=1S/C19H27NO3/c1-14(2)8-9-16(15-6-4-3-5-7-15)12-20-11-10-17(19(22)23)18(21)13-20/h3-7,9,14,17-18,21H,8,10-13H2,1-2H3,(H,22,23)/t17-,18+/m0/s1. The van der Waals surface area contributed by atoms with Crippen molar-refractivity contribution in [3.05, 3.63) is 42.0 Å².